The molecule has 0 spiro atoms. The summed E-state index contributed by atoms with van der Waals surface area (Å²) < 4.78 is 0.913. The molecular formula is C9H9BrN2O2. The van der Waals surface area contributed by atoms with Crippen LogP contribution in [-0.4, -0.2) is 17.3 Å². The van der Waals surface area contributed by atoms with Crippen molar-refractivity contribution in [3.8, 4) is 0 Å². The molecule has 1 amide bonds. The maximum atomic E-state index is 11.0. The lowest BCUT2D eigenvalue weighted by molar-refractivity contribution is -0.110. The highest BCUT2D eigenvalue weighted by atomic mass is 79.9. The van der Waals surface area contributed by atoms with E-state index in [4.69, 9.17) is 5.21 Å². The summed E-state index contributed by atoms with van der Waals surface area (Å²) in [4.78, 5) is 11.0. The van der Waals surface area contributed by atoms with E-state index in [1.54, 1.807) is 12.1 Å². The Hall–Kier alpha value is -1.36. The Morgan fingerprint density at radius 2 is 2.36 bits per heavy atom. The average Bonchev–Trinajstić information content (AvgIpc) is 2.12. The number of amides is 1. The number of halogens is 1. The first-order chi connectivity index (χ1) is 6.63. The highest BCUT2D eigenvalue weighted by Gasteiger charge is 2.00. The summed E-state index contributed by atoms with van der Waals surface area (Å²) in [7, 11) is 0. The molecular weight excluding hydrogens is 248 g/mol. The molecule has 5 heteroatoms. The van der Waals surface area contributed by atoms with Crippen LogP contribution < -0.4 is 5.32 Å². The normalized spacial score (nSPS) is 10.4. The molecule has 0 bridgehead atoms. The quantitative estimate of drug-likeness (QED) is 0.484. The second-order valence-corrected chi connectivity index (χ2v) is 3.55. The first kappa shape index (κ1) is 10.7. The molecule has 0 atom stereocenters. The lowest BCUT2D eigenvalue weighted by Gasteiger charge is -2.03. The third-order valence-electron chi connectivity index (χ3n) is 1.61. The Morgan fingerprint density at radius 1 is 1.64 bits per heavy atom. The zero-order chi connectivity index (χ0) is 10.6. The molecule has 0 aliphatic heterocycles. The van der Waals surface area contributed by atoms with Crippen LogP contribution >= 0.6 is 15.9 Å². The smallest absolute Gasteiger partial charge is 0.270 e. The van der Waals surface area contributed by atoms with E-state index in [2.05, 4.69) is 26.4 Å². The van der Waals surface area contributed by atoms with Gasteiger partial charge in [-0.05, 0) is 24.6 Å². The van der Waals surface area contributed by atoms with E-state index in [1.807, 2.05) is 13.0 Å². The number of benzene rings is 1. The Kier molecular flexibility index (Phi) is 3.64. The summed E-state index contributed by atoms with van der Waals surface area (Å²) in [5, 5.41) is 13.3. The lowest BCUT2D eigenvalue weighted by Crippen LogP contribution is -2.12. The number of aryl methyl sites for hydroxylation is 1. The number of oxime groups is 1. The van der Waals surface area contributed by atoms with Gasteiger partial charge in [0.2, 0.25) is 0 Å². The van der Waals surface area contributed by atoms with Crippen LogP contribution in [0, 0.1) is 6.92 Å². The molecule has 0 radical (unpaired) electrons. The fourth-order valence-corrected chi connectivity index (χ4v) is 1.28. The van der Waals surface area contributed by atoms with Crippen molar-refractivity contribution in [2.24, 2.45) is 5.16 Å². The van der Waals surface area contributed by atoms with E-state index in [9.17, 15) is 4.79 Å². The minimum absolute atomic E-state index is 0.469. The van der Waals surface area contributed by atoms with Crippen LogP contribution in [0.5, 0.6) is 0 Å². The largest absolute Gasteiger partial charge is 0.411 e. The van der Waals surface area contributed by atoms with Crippen LogP contribution in [0.15, 0.2) is 27.8 Å². The Morgan fingerprint density at radius 3 is 2.93 bits per heavy atom. The van der Waals surface area contributed by atoms with Crippen molar-refractivity contribution in [3.05, 3.63) is 28.2 Å². The van der Waals surface area contributed by atoms with Gasteiger partial charge in [-0.3, -0.25) is 4.79 Å². The van der Waals surface area contributed by atoms with Gasteiger partial charge < -0.3 is 10.5 Å². The maximum Gasteiger partial charge on any atom is 0.270 e. The third-order valence-corrected chi connectivity index (χ3v) is 2.47. The number of nitrogens with one attached hydrogen (secondary N) is 1. The second kappa shape index (κ2) is 4.76. The number of carbonyl (C=O) groups is 1. The van der Waals surface area contributed by atoms with Crippen LogP contribution in [0.2, 0.25) is 0 Å². The van der Waals surface area contributed by atoms with E-state index in [0.29, 0.717) is 5.69 Å². The monoisotopic (exact) mass is 256 g/mol. The highest BCUT2D eigenvalue weighted by Crippen LogP contribution is 2.20. The summed E-state index contributed by atoms with van der Waals surface area (Å²) in [5.41, 5.74) is 1.73. The van der Waals surface area contributed by atoms with Gasteiger partial charge in [0.1, 0.15) is 6.21 Å². The molecule has 4 nitrogen and oxygen atoms in total. The molecule has 0 saturated carbocycles. The molecule has 1 aromatic rings. The number of hydrogen-bond acceptors (Lipinski definition) is 3. The van der Waals surface area contributed by atoms with Crippen molar-refractivity contribution in [2.45, 2.75) is 6.92 Å². The fraction of sp³-hybridized carbons (Fsp3) is 0.111. The summed E-state index contributed by atoms with van der Waals surface area (Å²) in [5.74, 6) is -0.469. The van der Waals surface area contributed by atoms with Gasteiger partial charge in [0, 0.05) is 10.2 Å². The zero-order valence-corrected chi connectivity index (χ0v) is 9.08. The van der Waals surface area contributed by atoms with Gasteiger partial charge in [-0.15, -0.1) is 0 Å². The van der Waals surface area contributed by atoms with Crippen molar-refractivity contribution in [3.63, 3.8) is 0 Å². The van der Waals surface area contributed by atoms with Crippen LogP contribution in [0.1, 0.15) is 5.56 Å². The Labute approximate surface area is 89.7 Å². The highest BCUT2D eigenvalue weighted by molar-refractivity contribution is 9.10. The molecule has 14 heavy (non-hydrogen) atoms. The van der Waals surface area contributed by atoms with Gasteiger partial charge in [-0.25, -0.2) is 0 Å². The van der Waals surface area contributed by atoms with Crippen LogP contribution in [0.3, 0.4) is 0 Å². The van der Waals surface area contributed by atoms with E-state index >= 15 is 0 Å². The molecule has 0 unspecified atom stereocenters. The predicted molar refractivity (Wildman–Crippen MR) is 57.8 cm³/mol. The first-order valence-corrected chi connectivity index (χ1v) is 4.67. The van der Waals surface area contributed by atoms with Gasteiger partial charge >= 0.3 is 0 Å². The maximum absolute atomic E-state index is 11.0. The van der Waals surface area contributed by atoms with Crippen LogP contribution in [0.4, 0.5) is 5.69 Å². The number of anilines is 1. The first-order valence-electron chi connectivity index (χ1n) is 3.88. The molecule has 0 aliphatic carbocycles. The Bertz CT molecular complexity index is 377. The molecule has 1 aromatic carbocycles. The van der Waals surface area contributed by atoms with Gasteiger partial charge in [0.05, 0.1) is 0 Å². The average molecular weight is 257 g/mol. The molecule has 1 rings (SSSR count). The number of nitrogens with zero attached hydrogens (tertiary/aromatic N) is 1. The van der Waals surface area contributed by atoms with Crippen molar-refractivity contribution < 1.29 is 10.0 Å². The minimum Gasteiger partial charge on any atom is -0.411 e. The molecule has 74 valence electrons. The molecule has 0 saturated heterocycles. The standard InChI is InChI=1S/C9H9BrN2O2/c1-6-2-3-7(4-8(6)10)12-9(13)5-11-14/h2-5,14H,1H3,(H,12,13)/b11-5-. The number of carbonyl (C=O) groups excluding carboxylic acids is 1. The summed E-state index contributed by atoms with van der Waals surface area (Å²) >= 11 is 3.34. The number of rotatable bonds is 2. The predicted octanol–water partition coefficient (Wildman–Crippen LogP) is 2.16. The van der Waals surface area contributed by atoms with E-state index in [-0.39, 0.29) is 0 Å². The van der Waals surface area contributed by atoms with Gasteiger partial charge in [-0.1, -0.05) is 27.2 Å². The minimum atomic E-state index is -0.469. The van der Waals surface area contributed by atoms with Crippen molar-refractivity contribution in [1.29, 1.82) is 0 Å². The molecule has 0 aliphatic rings. The third kappa shape index (κ3) is 2.85. The lowest BCUT2D eigenvalue weighted by atomic mass is 10.2. The molecule has 0 fully saturated rings. The zero-order valence-electron chi connectivity index (χ0n) is 7.49. The SMILES string of the molecule is Cc1ccc(NC(=O)/C=N\O)cc1Br. The van der Waals surface area contributed by atoms with Crippen molar-refractivity contribution >= 4 is 33.7 Å². The molecule has 0 aromatic heterocycles. The summed E-state index contributed by atoms with van der Waals surface area (Å²) in [6.07, 6.45) is 0.799. The van der Waals surface area contributed by atoms with E-state index in [0.717, 1.165) is 16.3 Å². The second-order valence-electron chi connectivity index (χ2n) is 2.70. The van der Waals surface area contributed by atoms with Crippen molar-refractivity contribution in [2.75, 3.05) is 5.32 Å². The topological polar surface area (TPSA) is 61.7 Å². The van der Waals surface area contributed by atoms with Gasteiger partial charge in [0.15, 0.2) is 0 Å². The summed E-state index contributed by atoms with van der Waals surface area (Å²) in [6.45, 7) is 1.95. The van der Waals surface area contributed by atoms with E-state index < -0.39 is 5.91 Å². The number of hydrogen-bond donors (Lipinski definition) is 2. The summed E-state index contributed by atoms with van der Waals surface area (Å²) in [6, 6.07) is 5.41. The van der Waals surface area contributed by atoms with Crippen molar-refractivity contribution in [1.82, 2.24) is 0 Å². The van der Waals surface area contributed by atoms with Gasteiger partial charge in [0.25, 0.3) is 5.91 Å². The Balaban J connectivity index is 2.78. The van der Waals surface area contributed by atoms with Crippen LogP contribution in [-0.2, 0) is 4.79 Å². The molecule has 2 N–H and O–H groups in total. The van der Waals surface area contributed by atoms with Gasteiger partial charge in [-0.2, -0.15) is 0 Å². The van der Waals surface area contributed by atoms with E-state index in [1.165, 1.54) is 0 Å². The fourth-order valence-electron chi connectivity index (χ4n) is 0.898. The van der Waals surface area contributed by atoms with Crippen LogP contribution in [0.25, 0.3) is 0 Å². The molecule has 0 heterocycles.